The number of halogens is 1. The van der Waals surface area contributed by atoms with Gasteiger partial charge in [-0.25, -0.2) is 0 Å². The van der Waals surface area contributed by atoms with Crippen LogP contribution in [0.2, 0.25) is 0 Å². The third kappa shape index (κ3) is 4.13. The van der Waals surface area contributed by atoms with Gasteiger partial charge in [-0.2, -0.15) is 0 Å². The number of rotatable bonds is 7. The molecule has 39 heavy (non-hydrogen) atoms. The first-order valence-corrected chi connectivity index (χ1v) is 15.0. The molecule has 0 radical (unpaired) electrons. The van der Waals surface area contributed by atoms with Crippen molar-refractivity contribution in [3.63, 3.8) is 0 Å². The van der Waals surface area contributed by atoms with E-state index >= 15 is 0 Å². The molecule has 0 saturated heterocycles. The van der Waals surface area contributed by atoms with Crippen LogP contribution in [-0.4, -0.2) is 40.8 Å². The zero-order chi connectivity index (χ0) is 28.2. The van der Waals surface area contributed by atoms with Gasteiger partial charge in [0.25, 0.3) is 0 Å². The number of aliphatic hydroxyl groups excluding tert-OH is 1. The molecular formula is C33H44ClNO4. The van der Waals surface area contributed by atoms with Gasteiger partial charge in [0.05, 0.1) is 11.0 Å². The van der Waals surface area contributed by atoms with Crippen LogP contribution < -0.4 is 4.74 Å². The summed E-state index contributed by atoms with van der Waals surface area (Å²) in [6, 6.07) is 7.94. The van der Waals surface area contributed by atoms with Crippen molar-refractivity contribution in [1.82, 2.24) is 0 Å². The second-order valence-corrected chi connectivity index (χ2v) is 13.6. The van der Waals surface area contributed by atoms with E-state index in [1.165, 1.54) is 5.57 Å². The molecule has 0 unspecified atom stereocenters. The molecule has 1 aromatic rings. The number of allylic oxidation sites excluding steroid dienone is 4. The molecule has 212 valence electrons. The van der Waals surface area contributed by atoms with Crippen molar-refractivity contribution in [3.8, 4) is 5.75 Å². The van der Waals surface area contributed by atoms with E-state index < -0.39 is 21.8 Å². The van der Waals surface area contributed by atoms with E-state index in [2.05, 4.69) is 45.0 Å². The highest BCUT2D eigenvalue weighted by Gasteiger charge is 2.73. The Balaban J connectivity index is 1.33. The fraction of sp³-hybridized carbons (Fsp3) is 0.636. The van der Waals surface area contributed by atoms with Gasteiger partial charge in [-0.05, 0) is 85.6 Å². The Bertz CT molecular complexity index is 1220. The number of benzene rings is 1. The first-order chi connectivity index (χ1) is 18.4. The van der Waals surface area contributed by atoms with Gasteiger partial charge in [0.1, 0.15) is 23.9 Å². The summed E-state index contributed by atoms with van der Waals surface area (Å²) in [6.07, 6.45) is 9.33. The quantitative estimate of drug-likeness (QED) is 0.223. The zero-order valence-corrected chi connectivity index (χ0v) is 25.1. The monoisotopic (exact) mass is 553 g/mol. The van der Waals surface area contributed by atoms with Gasteiger partial charge in [-0.3, -0.25) is 4.79 Å². The van der Waals surface area contributed by atoms with Crippen LogP contribution in [0.3, 0.4) is 0 Å². The maximum Gasteiger partial charge on any atom is 0.151 e. The van der Waals surface area contributed by atoms with Crippen molar-refractivity contribution in [1.29, 1.82) is 0 Å². The SMILES string of the molecule is CCC(=O)[C@@]1(C)[C@@H](C)C[C@H]2[C@@H]3CCC4=C/C(=N\OCCOc5cccc(C)c5)C=C[C@]4(C)[C@@]3(Cl)[C@@H](O)C[C@@]21C. The molecule has 0 aliphatic heterocycles. The average Bonchev–Trinajstić information content (AvgIpc) is 3.10. The van der Waals surface area contributed by atoms with Crippen molar-refractivity contribution in [2.24, 2.45) is 39.2 Å². The van der Waals surface area contributed by atoms with Crippen LogP contribution in [-0.2, 0) is 9.63 Å². The summed E-state index contributed by atoms with van der Waals surface area (Å²) in [6.45, 7) is 13.6. The first-order valence-electron chi connectivity index (χ1n) is 14.6. The maximum absolute atomic E-state index is 13.3. The number of hydrogen-bond acceptors (Lipinski definition) is 5. The van der Waals surface area contributed by atoms with Gasteiger partial charge < -0.3 is 14.7 Å². The zero-order valence-electron chi connectivity index (χ0n) is 24.3. The molecule has 3 saturated carbocycles. The van der Waals surface area contributed by atoms with Crippen LogP contribution in [0.25, 0.3) is 0 Å². The van der Waals surface area contributed by atoms with E-state index in [0.717, 1.165) is 36.3 Å². The molecule has 3 fully saturated rings. The van der Waals surface area contributed by atoms with Gasteiger partial charge in [0.15, 0.2) is 6.61 Å². The number of oxime groups is 1. The van der Waals surface area contributed by atoms with E-state index in [-0.39, 0.29) is 17.3 Å². The van der Waals surface area contributed by atoms with Crippen molar-refractivity contribution in [2.45, 2.75) is 84.6 Å². The second kappa shape index (κ2) is 10.1. The number of ketones is 1. The lowest BCUT2D eigenvalue weighted by atomic mass is 9.44. The van der Waals surface area contributed by atoms with Gasteiger partial charge >= 0.3 is 0 Å². The lowest BCUT2D eigenvalue weighted by molar-refractivity contribution is -0.151. The van der Waals surface area contributed by atoms with E-state index in [1.807, 2.05) is 44.2 Å². The molecule has 1 aromatic carbocycles. The minimum Gasteiger partial charge on any atom is -0.490 e. The number of aliphatic hydroxyl groups is 1. The lowest BCUT2D eigenvalue weighted by Gasteiger charge is -2.64. The van der Waals surface area contributed by atoms with Crippen molar-refractivity contribution in [3.05, 3.63) is 53.6 Å². The summed E-state index contributed by atoms with van der Waals surface area (Å²) in [5, 5.41) is 16.2. The second-order valence-electron chi connectivity index (χ2n) is 13.0. The van der Waals surface area contributed by atoms with Crippen LogP contribution in [0.1, 0.15) is 72.3 Å². The van der Waals surface area contributed by atoms with Gasteiger partial charge in [0.2, 0.25) is 0 Å². The van der Waals surface area contributed by atoms with Crippen molar-refractivity contribution in [2.75, 3.05) is 13.2 Å². The minimum atomic E-state index is -0.827. The predicted octanol–water partition coefficient (Wildman–Crippen LogP) is 7.05. The maximum atomic E-state index is 13.3. The number of alkyl halides is 1. The Morgan fingerprint density at radius 1 is 1.21 bits per heavy atom. The summed E-state index contributed by atoms with van der Waals surface area (Å²) in [5.74, 6) is 1.84. The lowest BCUT2D eigenvalue weighted by Crippen LogP contribution is -2.67. The number of carbonyl (C=O) groups is 1. The molecule has 0 amide bonds. The predicted molar refractivity (Wildman–Crippen MR) is 156 cm³/mol. The Morgan fingerprint density at radius 2 is 1.97 bits per heavy atom. The standard InChI is InChI=1S/C33H44ClNO4/c1-7-28(36)32(6)22(3)18-27-26-12-11-23-19-24(35-39-16-15-38-25-10-8-9-21(2)17-25)13-14-30(23,4)33(26,34)29(37)20-31(27,32)5/h8-10,13-14,17,19,22,26-27,29,37H,7,11-12,15-16,18,20H2,1-6H3/b35-24-/t22-,26-,27-,29-,30-,31-,32+,33-/m0/s1. The van der Waals surface area contributed by atoms with E-state index in [9.17, 15) is 9.90 Å². The molecule has 0 bridgehead atoms. The van der Waals surface area contributed by atoms with Crippen LogP contribution in [0, 0.1) is 40.9 Å². The number of carbonyl (C=O) groups excluding carboxylic acids is 1. The number of hydrogen-bond donors (Lipinski definition) is 1. The Morgan fingerprint density at radius 3 is 2.69 bits per heavy atom. The molecular weight excluding hydrogens is 510 g/mol. The van der Waals surface area contributed by atoms with Crippen LogP contribution >= 0.6 is 11.6 Å². The molecule has 0 heterocycles. The molecule has 4 aliphatic rings. The third-order valence-electron chi connectivity index (χ3n) is 11.3. The molecule has 4 aliphatic carbocycles. The number of aryl methyl sites for hydroxylation is 1. The number of ether oxygens (including phenoxy) is 1. The fourth-order valence-electron chi connectivity index (χ4n) is 8.82. The van der Waals surface area contributed by atoms with Crippen LogP contribution in [0.4, 0.5) is 0 Å². The average molecular weight is 554 g/mol. The highest BCUT2D eigenvalue weighted by Crippen LogP contribution is 2.73. The largest absolute Gasteiger partial charge is 0.490 e. The highest BCUT2D eigenvalue weighted by molar-refractivity contribution is 6.26. The number of fused-ring (bicyclic) bond motifs is 5. The minimum absolute atomic E-state index is 0.127. The van der Waals surface area contributed by atoms with E-state index in [1.54, 1.807) is 0 Å². The summed E-state index contributed by atoms with van der Waals surface area (Å²) >= 11 is 7.67. The van der Waals surface area contributed by atoms with E-state index in [4.69, 9.17) is 21.2 Å². The molecule has 1 N–H and O–H groups in total. The van der Waals surface area contributed by atoms with Crippen molar-refractivity contribution >= 4 is 23.1 Å². The highest BCUT2D eigenvalue weighted by atomic mass is 35.5. The molecule has 6 heteroatoms. The normalized spacial score (nSPS) is 41.8. The molecule has 5 nitrogen and oxygen atoms in total. The van der Waals surface area contributed by atoms with Gasteiger partial charge in [0, 0.05) is 17.3 Å². The topological polar surface area (TPSA) is 68.1 Å². The Hall–Kier alpha value is -2.11. The van der Waals surface area contributed by atoms with Crippen molar-refractivity contribution < 1.29 is 19.5 Å². The number of nitrogens with zero attached hydrogens (tertiary/aromatic N) is 1. The van der Waals surface area contributed by atoms with E-state index in [0.29, 0.717) is 37.8 Å². The van der Waals surface area contributed by atoms with Crippen LogP contribution in [0.5, 0.6) is 5.75 Å². The molecule has 5 rings (SSSR count). The fourth-order valence-corrected chi connectivity index (χ4v) is 9.34. The van der Waals surface area contributed by atoms with Gasteiger partial charge in [-0.15, -0.1) is 11.6 Å². The Labute approximate surface area is 238 Å². The molecule has 0 spiro atoms. The number of Topliss-reactive ketones (excluding diaryl/α,β-unsaturated/α-hetero) is 1. The van der Waals surface area contributed by atoms with Crippen LogP contribution in [0.15, 0.2) is 53.2 Å². The molecule has 8 atom stereocenters. The smallest absolute Gasteiger partial charge is 0.151 e. The first kappa shape index (κ1) is 28.4. The molecule has 0 aromatic heterocycles. The summed E-state index contributed by atoms with van der Waals surface area (Å²) in [7, 11) is 0. The summed E-state index contributed by atoms with van der Waals surface area (Å²) in [5.41, 5.74) is 1.89. The Kier molecular flexibility index (Phi) is 7.33. The summed E-state index contributed by atoms with van der Waals surface area (Å²) < 4.78 is 5.75. The van der Waals surface area contributed by atoms with Gasteiger partial charge in [-0.1, -0.05) is 63.6 Å². The third-order valence-corrected chi connectivity index (χ3v) is 12.3. The summed E-state index contributed by atoms with van der Waals surface area (Å²) in [4.78, 5) is 18.1.